The number of carbonyl (C=O) groups is 1. The first-order valence-corrected chi connectivity index (χ1v) is 4.91. The zero-order chi connectivity index (χ0) is 11.4. The van der Waals surface area contributed by atoms with Crippen molar-refractivity contribution in [3.8, 4) is 0 Å². The second-order valence-electron chi connectivity index (χ2n) is 3.18. The van der Waals surface area contributed by atoms with E-state index in [0.717, 1.165) is 5.56 Å². The lowest BCUT2D eigenvalue weighted by molar-refractivity contribution is -0.117. The monoisotopic (exact) mass is 228 g/mol. The lowest BCUT2D eigenvalue weighted by Gasteiger charge is -2.09. The molecule has 1 amide bonds. The highest BCUT2D eigenvalue weighted by atomic mass is 35.5. The van der Waals surface area contributed by atoms with Crippen molar-refractivity contribution in [1.82, 2.24) is 9.97 Å². The van der Waals surface area contributed by atoms with Crippen LogP contribution in [0.2, 0.25) is 5.15 Å². The smallest absolute Gasteiger partial charge is 0.219 e. The standard InChI is InChI=1S/C9H13ClN4O/c1-5-8(10)13-6(2)14-9(5)12-4-3-7(11)15/h3-4H2,1-2H3,(H2,11,15)(H,12,13,14). The number of rotatable bonds is 4. The summed E-state index contributed by atoms with van der Waals surface area (Å²) in [6.45, 7) is 4.02. The number of hydrogen-bond acceptors (Lipinski definition) is 4. The number of hydrogen-bond donors (Lipinski definition) is 2. The minimum absolute atomic E-state index is 0.264. The Bertz CT molecular complexity index is 381. The normalized spacial score (nSPS) is 10.1. The maximum absolute atomic E-state index is 10.5. The fourth-order valence-corrected chi connectivity index (χ4v) is 1.28. The molecule has 0 aliphatic heterocycles. The highest BCUT2D eigenvalue weighted by Gasteiger charge is 2.06. The molecule has 0 bridgehead atoms. The van der Waals surface area contributed by atoms with E-state index >= 15 is 0 Å². The van der Waals surface area contributed by atoms with E-state index in [1.165, 1.54) is 0 Å². The number of carbonyl (C=O) groups excluding carboxylic acids is 1. The number of halogens is 1. The van der Waals surface area contributed by atoms with Crippen LogP contribution in [0.15, 0.2) is 0 Å². The van der Waals surface area contributed by atoms with Gasteiger partial charge in [0.15, 0.2) is 0 Å². The Kier molecular flexibility index (Phi) is 3.85. The predicted octanol–water partition coefficient (Wildman–Crippen LogP) is 1.03. The largest absolute Gasteiger partial charge is 0.370 e. The number of amides is 1. The topological polar surface area (TPSA) is 80.9 Å². The Morgan fingerprint density at radius 1 is 1.47 bits per heavy atom. The van der Waals surface area contributed by atoms with E-state index in [0.29, 0.717) is 23.3 Å². The molecule has 1 aromatic rings. The van der Waals surface area contributed by atoms with Crippen molar-refractivity contribution >= 4 is 23.3 Å². The van der Waals surface area contributed by atoms with Crippen molar-refractivity contribution < 1.29 is 4.79 Å². The fourth-order valence-electron chi connectivity index (χ4n) is 1.07. The zero-order valence-corrected chi connectivity index (χ0v) is 9.43. The van der Waals surface area contributed by atoms with Gasteiger partial charge in [-0.2, -0.15) is 0 Å². The lowest BCUT2D eigenvalue weighted by Crippen LogP contribution is -2.17. The van der Waals surface area contributed by atoms with Gasteiger partial charge in [-0.05, 0) is 13.8 Å². The zero-order valence-electron chi connectivity index (χ0n) is 8.67. The number of nitrogens with two attached hydrogens (primary N) is 1. The number of aryl methyl sites for hydroxylation is 1. The molecule has 15 heavy (non-hydrogen) atoms. The van der Waals surface area contributed by atoms with Crippen LogP contribution in [-0.2, 0) is 4.79 Å². The molecule has 5 nitrogen and oxygen atoms in total. The third kappa shape index (κ3) is 3.36. The van der Waals surface area contributed by atoms with E-state index in [4.69, 9.17) is 17.3 Å². The summed E-state index contributed by atoms with van der Waals surface area (Å²) in [5.74, 6) is 0.887. The quantitative estimate of drug-likeness (QED) is 0.755. The summed E-state index contributed by atoms with van der Waals surface area (Å²) >= 11 is 5.88. The van der Waals surface area contributed by atoms with Crippen molar-refractivity contribution in [3.63, 3.8) is 0 Å². The molecule has 0 radical (unpaired) electrons. The van der Waals surface area contributed by atoms with Crippen LogP contribution in [0.1, 0.15) is 17.8 Å². The van der Waals surface area contributed by atoms with E-state index in [9.17, 15) is 4.79 Å². The first-order valence-electron chi connectivity index (χ1n) is 4.53. The highest BCUT2D eigenvalue weighted by molar-refractivity contribution is 6.30. The molecule has 0 saturated carbocycles. The van der Waals surface area contributed by atoms with E-state index in [-0.39, 0.29) is 12.3 Å². The number of nitrogens with zero attached hydrogens (tertiary/aromatic N) is 2. The van der Waals surface area contributed by atoms with Crippen LogP contribution in [0.5, 0.6) is 0 Å². The van der Waals surface area contributed by atoms with Crippen molar-refractivity contribution in [2.75, 3.05) is 11.9 Å². The van der Waals surface area contributed by atoms with E-state index in [2.05, 4.69) is 15.3 Å². The molecule has 1 heterocycles. The summed E-state index contributed by atoms with van der Waals surface area (Å²) in [5.41, 5.74) is 5.79. The molecule has 0 aromatic carbocycles. The average molecular weight is 229 g/mol. The fraction of sp³-hybridized carbons (Fsp3) is 0.444. The third-order valence-corrected chi connectivity index (χ3v) is 2.23. The van der Waals surface area contributed by atoms with Gasteiger partial charge >= 0.3 is 0 Å². The Morgan fingerprint density at radius 3 is 2.73 bits per heavy atom. The minimum Gasteiger partial charge on any atom is -0.370 e. The van der Waals surface area contributed by atoms with Gasteiger partial charge in [-0.15, -0.1) is 0 Å². The molecule has 0 atom stereocenters. The Balaban J connectivity index is 2.72. The first kappa shape index (κ1) is 11.7. The summed E-state index contributed by atoms with van der Waals surface area (Å²) in [6.07, 6.45) is 0.264. The van der Waals surface area contributed by atoms with Gasteiger partial charge in [-0.3, -0.25) is 4.79 Å². The molecule has 0 aliphatic rings. The summed E-state index contributed by atoms with van der Waals surface area (Å²) < 4.78 is 0. The average Bonchev–Trinajstić information content (AvgIpc) is 2.12. The Morgan fingerprint density at radius 2 is 2.13 bits per heavy atom. The number of anilines is 1. The Hall–Kier alpha value is -1.36. The van der Waals surface area contributed by atoms with Gasteiger partial charge in [0.25, 0.3) is 0 Å². The lowest BCUT2D eigenvalue weighted by atomic mass is 10.3. The number of aromatic nitrogens is 2. The highest BCUT2D eigenvalue weighted by Crippen LogP contribution is 2.19. The minimum atomic E-state index is -0.350. The summed E-state index contributed by atoms with van der Waals surface area (Å²) in [4.78, 5) is 18.7. The molecule has 0 spiro atoms. The van der Waals surface area contributed by atoms with Gasteiger partial charge < -0.3 is 11.1 Å². The maximum atomic E-state index is 10.5. The van der Waals surface area contributed by atoms with Gasteiger partial charge in [0.1, 0.15) is 16.8 Å². The molecule has 0 unspecified atom stereocenters. The molecule has 1 rings (SSSR count). The second kappa shape index (κ2) is 4.93. The van der Waals surface area contributed by atoms with Crippen LogP contribution in [0.4, 0.5) is 5.82 Å². The molecular formula is C9H13ClN4O. The molecule has 82 valence electrons. The maximum Gasteiger partial charge on any atom is 0.219 e. The van der Waals surface area contributed by atoms with Crippen LogP contribution < -0.4 is 11.1 Å². The van der Waals surface area contributed by atoms with Crippen molar-refractivity contribution in [1.29, 1.82) is 0 Å². The van der Waals surface area contributed by atoms with Crippen LogP contribution in [0, 0.1) is 13.8 Å². The predicted molar refractivity (Wildman–Crippen MR) is 58.8 cm³/mol. The summed E-state index contributed by atoms with van der Waals surface area (Å²) in [7, 11) is 0. The molecule has 3 N–H and O–H groups in total. The van der Waals surface area contributed by atoms with E-state index in [1.807, 2.05) is 6.92 Å². The van der Waals surface area contributed by atoms with Crippen LogP contribution in [0.3, 0.4) is 0 Å². The van der Waals surface area contributed by atoms with Gasteiger partial charge in [-0.25, -0.2) is 9.97 Å². The van der Waals surface area contributed by atoms with E-state index < -0.39 is 0 Å². The molecule has 0 saturated heterocycles. The molecule has 0 aliphatic carbocycles. The van der Waals surface area contributed by atoms with Crippen molar-refractivity contribution in [2.24, 2.45) is 5.73 Å². The Labute approximate surface area is 93.0 Å². The molecule has 1 aromatic heterocycles. The summed E-state index contributed by atoms with van der Waals surface area (Å²) in [5, 5.41) is 3.41. The van der Waals surface area contributed by atoms with Crippen molar-refractivity contribution in [3.05, 3.63) is 16.5 Å². The molecule has 0 fully saturated rings. The van der Waals surface area contributed by atoms with Gasteiger partial charge in [0.05, 0.1) is 0 Å². The number of nitrogens with one attached hydrogen (secondary N) is 1. The van der Waals surface area contributed by atoms with E-state index in [1.54, 1.807) is 6.92 Å². The van der Waals surface area contributed by atoms with Crippen LogP contribution in [0.25, 0.3) is 0 Å². The summed E-state index contributed by atoms with van der Waals surface area (Å²) in [6, 6.07) is 0. The van der Waals surface area contributed by atoms with Gasteiger partial charge in [-0.1, -0.05) is 11.6 Å². The first-order chi connectivity index (χ1) is 7.00. The van der Waals surface area contributed by atoms with Crippen molar-refractivity contribution in [2.45, 2.75) is 20.3 Å². The molecule has 6 heteroatoms. The third-order valence-electron chi connectivity index (χ3n) is 1.86. The van der Waals surface area contributed by atoms with Gasteiger partial charge in [0, 0.05) is 18.5 Å². The number of primary amides is 1. The van der Waals surface area contributed by atoms with Crippen LogP contribution >= 0.6 is 11.6 Å². The SMILES string of the molecule is Cc1nc(Cl)c(C)c(NCCC(N)=O)n1. The second-order valence-corrected chi connectivity index (χ2v) is 3.54. The van der Waals surface area contributed by atoms with Crippen LogP contribution in [-0.4, -0.2) is 22.4 Å². The van der Waals surface area contributed by atoms with Gasteiger partial charge in [0.2, 0.25) is 5.91 Å². The molecular weight excluding hydrogens is 216 g/mol.